The summed E-state index contributed by atoms with van der Waals surface area (Å²) in [5, 5.41) is 3.98. The molecule has 3 heteroatoms. The second-order valence-electron chi connectivity index (χ2n) is 5.10. The van der Waals surface area contributed by atoms with Gasteiger partial charge in [-0.2, -0.15) is 0 Å². The minimum Gasteiger partial charge on any atom is -0.495 e. The summed E-state index contributed by atoms with van der Waals surface area (Å²) in [6, 6.07) is 14.4. The zero-order chi connectivity index (χ0) is 14.5. The Balaban J connectivity index is 1.99. The lowest BCUT2D eigenvalue weighted by Gasteiger charge is -2.10. The Labute approximate surface area is 125 Å². The third-order valence-electron chi connectivity index (χ3n) is 3.29. The Bertz CT molecular complexity index is 564. The molecular weight excluding hydrogens is 270 g/mol. The highest BCUT2D eigenvalue weighted by Gasteiger charge is 2.02. The van der Waals surface area contributed by atoms with E-state index in [4.69, 9.17) is 16.3 Å². The first-order chi connectivity index (χ1) is 9.60. The molecule has 0 aliphatic heterocycles. The van der Waals surface area contributed by atoms with Crippen molar-refractivity contribution in [1.82, 2.24) is 0 Å². The summed E-state index contributed by atoms with van der Waals surface area (Å²) in [5.74, 6) is 1.26. The topological polar surface area (TPSA) is 21.3 Å². The molecule has 0 fully saturated rings. The van der Waals surface area contributed by atoms with Gasteiger partial charge in [0, 0.05) is 12.2 Å². The van der Waals surface area contributed by atoms with Crippen molar-refractivity contribution in [1.29, 1.82) is 0 Å². The van der Waals surface area contributed by atoms with Crippen molar-refractivity contribution in [2.45, 2.75) is 26.3 Å². The first-order valence-corrected chi connectivity index (χ1v) is 7.14. The van der Waals surface area contributed by atoms with Gasteiger partial charge in [0.2, 0.25) is 0 Å². The number of nitrogens with one attached hydrogen (secondary N) is 1. The zero-order valence-electron chi connectivity index (χ0n) is 12.1. The highest BCUT2D eigenvalue weighted by molar-refractivity contribution is 6.32. The van der Waals surface area contributed by atoms with Crippen LogP contribution in [0, 0.1) is 0 Å². The van der Waals surface area contributed by atoms with Gasteiger partial charge in [0.1, 0.15) is 5.75 Å². The quantitative estimate of drug-likeness (QED) is 0.828. The fourth-order valence-electron chi connectivity index (χ4n) is 2.00. The van der Waals surface area contributed by atoms with Crippen molar-refractivity contribution in [2.24, 2.45) is 0 Å². The lowest BCUT2D eigenvalue weighted by atomic mass is 10.0. The van der Waals surface area contributed by atoms with Crippen LogP contribution >= 0.6 is 11.6 Å². The van der Waals surface area contributed by atoms with Crippen LogP contribution in [-0.2, 0) is 6.54 Å². The van der Waals surface area contributed by atoms with Crippen LogP contribution in [0.1, 0.15) is 30.9 Å². The van der Waals surface area contributed by atoms with Gasteiger partial charge in [-0.3, -0.25) is 0 Å². The van der Waals surface area contributed by atoms with E-state index in [1.165, 1.54) is 11.1 Å². The second kappa shape index (κ2) is 6.67. The number of benzene rings is 2. The van der Waals surface area contributed by atoms with Gasteiger partial charge in [-0.25, -0.2) is 0 Å². The van der Waals surface area contributed by atoms with E-state index in [9.17, 15) is 0 Å². The standard InChI is InChI=1S/C17H20ClNO/c1-12(2)14-6-4-13(5-7-14)11-19-15-8-9-17(20-3)16(18)10-15/h4-10,12,19H,11H2,1-3H3. The molecule has 20 heavy (non-hydrogen) atoms. The molecule has 0 atom stereocenters. The van der Waals surface area contributed by atoms with Crippen LogP contribution < -0.4 is 10.1 Å². The fraction of sp³-hybridized carbons (Fsp3) is 0.294. The predicted octanol–water partition coefficient (Wildman–Crippen LogP) is 5.08. The van der Waals surface area contributed by atoms with E-state index in [0.717, 1.165) is 12.2 Å². The first kappa shape index (κ1) is 14.7. The van der Waals surface area contributed by atoms with Crippen molar-refractivity contribution >= 4 is 17.3 Å². The summed E-state index contributed by atoms with van der Waals surface area (Å²) in [4.78, 5) is 0. The molecule has 0 aliphatic carbocycles. The molecule has 0 saturated carbocycles. The molecule has 2 nitrogen and oxygen atoms in total. The normalized spacial score (nSPS) is 10.7. The van der Waals surface area contributed by atoms with Gasteiger partial charge in [-0.1, -0.05) is 49.7 Å². The minimum atomic E-state index is 0.567. The Morgan fingerprint density at radius 2 is 1.80 bits per heavy atom. The summed E-state index contributed by atoms with van der Waals surface area (Å²) in [5.41, 5.74) is 3.60. The monoisotopic (exact) mass is 289 g/mol. The molecule has 0 amide bonds. The molecule has 106 valence electrons. The molecule has 0 aliphatic rings. The van der Waals surface area contributed by atoms with Crippen LogP contribution in [0.5, 0.6) is 5.75 Å². The molecular formula is C17H20ClNO. The van der Waals surface area contributed by atoms with Gasteiger partial charge >= 0.3 is 0 Å². The van der Waals surface area contributed by atoms with Gasteiger partial charge in [0.25, 0.3) is 0 Å². The van der Waals surface area contributed by atoms with E-state index in [-0.39, 0.29) is 0 Å². The minimum absolute atomic E-state index is 0.567. The number of rotatable bonds is 5. The molecule has 0 aromatic heterocycles. The zero-order valence-corrected chi connectivity index (χ0v) is 12.9. The van der Waals surface area contributed by atoms with E-state index in [1.54, 1.807) is 7.11 Å². The van der Waals surface area contributed by atoms with Crippen molar-refractivity contribution in [3.05, 3.63) is 58.6 Å². The van der Waals surface area contributed by atoms with Crippen molar-refractivity contribution in [3.63, 3.8) is 0 Å². The molecule has 1 N–H and O–H groups in total. The van der Waals surface area contributed by atoms with Crippen molar-refractivity contribution in [2.75, 3.05) is 12.4 Å². The largest absolute Gasteiger partial charge is 0.495 e. The van der Waals surface area contributed by atoms with Gasteiger partial charge in [-0.05, 0) is 35.2 Å². The molecule has 0 unspecified atom stereocenters. The van der Waals surface area contributed by atoms with E-state index < -0.39 is 0 Å². The summed E-state index contributed by atoms with van der Waals surface area (Å²) in [6.45, 7) is 5.18. The smallest absolute Gasteiger partial charge is 0.137 e. The lowest BCUT2D eigenvalue weighted by Crippen LogP contribution is -2.00. The molecule has 0 spiro atoms. The third-order valence-corrected chi connectivity index (χ3v) is 3.59. The molecule has 0 radical (unpaired) electrons. The summed E-state index contributed by atoms with van der Waals surface area (Å²) >= 11 is 6.10. The van der Waals surface area contributed by atoms with Gasteiger partial charge in [0.05, 0.1) is 12.1 Å². The Morgan fingerprint density at radius 3 is 2.35 bits per heavy atom. The Hall–Kier alpha value is -1.67. The maximum atomic E-state index is 6.10. The van der Waals surface area contributed by atoms with Gasteiger partial charge in [0.15, 0.2) is 0 Å². The van der Waals surface area contributed by atoms with Gasteiger partial charge < -0.3 is 10.1 Å². The van der Waals surface area contributed by atoms with Crippen LogP contribution in [-0.4, -0.2) is 7.11 Å². The average Bonchev–Trinajstić information content (AvgIpc) is 2.45. The maximum Gasteiger partial charge on any atom is 0.137 e. The number of anilines is 1. The number of hydrogen-bond donors (Lipinski definition) is 1. The number of hydrogen-bond acceptors (Lipinski definition) is 2. The first-order valence-electron chi connectivity index (χ1n) is 6.76. The third kappa shape index (κ3) is 3.67. The molecule has 0 bridgehead atoms. The number of ether oxygens (including phenoxy) is 1. The SMILES string of the molecule is COc1ccc(NCc2ccc(C(C)C)cc2)cc1Cl. The van der Waals surface area contributed by atoms with Gasteiger partial charge in [-0.15, -0.1) is 0 Å². The summed E-state index contributed by atoms with van der Waals surface area (Å²) in [7, 11) is 1.62. The molecule has 2 aromatic carbocycles. The molecule has 0 saturated heterocycles. The van der Waals surface area contributed by atoms with E-state index in [0.29, 0.717) is 16.7 Å². The van der Waals surface area contributed by atoms with E-state index in [2.05, 4.69) is 43.4 Å². The van der Waals surface area contributed by atoms with Crippen LogP contribution in [0.15, 0.2) is 42.5 Å². The van der Waals surface area contributed by atoms with E-state index in [1.807, 2.05) is 18.2 Å². The maximum absolute atomic E-state index is 6.10. The lowest BCUT2D eigenvalue weighted by molar-refractivity contribution is 0.415. The van der Waals surface area contributed by atoms with Crippen LogP contribution in [0.2, 0.25) is 5.02 Å². The Kier molecular flexibility index (Phi) is 4.91. The fourth-order valence-corrected chi connectivity index (χ4v) is 2.26. The molecule has 2 aromatic rings. The van der Waals surface area contributed by atoms with E-state index >= 15 is 0 Å². The van der Waals surface area contributed by atoms with Crippen molar-refractivity contribution in [3.8, 4) is 5.75 Å². The van der Waals surface area contributed by atoms with Crippen molar-refractivity contribution < 1.29 is 4.74 Å². The second-order valence-corrected chi connectivity index (χ2v) is 5.51. The predicted molar refractivity (Wildman–Crippen MR) is 85.9 cm³/mol. The van der Waals surface area contributed by atoms with Crippen LogP contribution in [0.3, 0.4) is 0 Å². The Morgan fingerprint density at radius 1 is 1.10 bits per heavy atom. The van der Waals surface area contributed by atoms with Crippen LogP contribution in [0.4, 0.5) is 5.69 Å². The highest BCUT2D eigenvalue weighted by Crippen LogP contribution is 2.27. The van der Waals surface area contributed by atoms with Crippen LogP contribution in [0.25, 0.3) is 0 Å². The number of methoxy groups -OCH3 is 1. The summed E-state index contributed by atoms with van der Waals surface area (Å²) < 4.78 is 5.14. The molecule has 0 heterocycles. The number of halogens is 1. The average molecular weight is 290 g/mol. The molecule has 2 rings (SSSR count). The highest BCUT2D eigenvalue weighted by atomic mass is 35.5. The summed E-state index contributed by atoms with van der Waals surface area (Å²) in [6.07, 6.45) is 0.